The summed E-state index contributed by atoms with van der Waals surface area (Å²) in [4.78, 5) is 0. The zero-order valence-electron chi connectivity index (χ0n) is 11.0. The van der Waals surface area contributed by atoms with Crippen molar-refractivity contribution in [2.45, 2.75) is 19.8 Å². The lowest BCUT2D eigenvalue weighted by Gasteiger charge is -2.04. The Morgan fingerprint density at radius 3 is 2.70 bits per heavy atom. The second-order valence-corrected chi connectivity index (χ2v) is 4.88. The van der Waals surface area contributed by atoms with Crippen molar-refractivity contribution in [3.63, 3.8) is 0 Å². The molecule has 0 aliphatic carbocycles. The second kappa shape index (κ2) is 4.29. The molecule has 0 aliphatic rings. The molecule has 1 aromatic carbocycles. The Bertz CT molecular complexity index is 788. The number of anilines is 1. The molecular weight excluding hydrogens is 264 g/mol. The molecule has 3 aromatic rings. The van der Waals surface area contributed by atoms with E-state index in [-0.39, 0.29) is 11.6 Å². The Balaban J connectivity index is 2.31. The molecule has 20 heavy (non-hydrogen) atoms. The minimum Gasteiger partial charge on any atom is -0.383 e. The zero-order valence-corrected chi connectivity index (χ0v) is 11.0. The standard InChI is InChI=1S/C13H13F2N5/c1-6(2)11-10-12(16)17-18-13(10)20(19-11)9-4-3-7(14)5-8(9)15/h3-6H,1-2H3,(H3,16,17,18). The van der Waals surface area contributed by atoms with Crippen LogP contribution in [0.5, 0.6) is 0 Å². The van der Waals surface area contributed by atoms with Crippen LogP contribution in [-0.2, 0) is 0 Å². The van der Waals surface area contributed by atoms with Gasteiger partial charge in [-0.3, -0.25) is 5.10 Å². The predicted molar refractivity (Wildman–Crippen MR) is 71.6 cm³/mol. The molecular formula is C13H13F2N5. The van der Waals surface area contributed by atoms with E-state index >= 15 is 0 Å². The number of rotatable bonds is 2. The van der Waals surface area contributed by atoms with Crippen molar-refractivity contribution in [3.05, 3.63) is 35.5 Å². The van der Waals surface area contributed by atoms with Crippen molar-refractivity contribution in [3.8, 4) is 5.69 Å². The molecule has 0 radical (unpaired) electrons. The third-order valence-corrected chi connectivity index (χ3v) is 3.12. The van der Waals surface area contributed by atoms with Crippen LogP contribution in [0, 0.1) is 11.6 Å². The number of nitrogen functional groups attached to an aromatic ring is 1. The lowest BCUT2D eigenvalue weighted by molar-refractivity contribution is 0.573. The number of H-pyrrole nitrogens is 1. The number of aromatic amines is 1. The topological polar surface area (TPSA) is 72.5 Å². The maximum atomic E-state index is 13.9. The molecule has 7 heteroatoms. The second-order valence-electron chi connectivity index (χ2n) is 4.88. The summed E-state index contributed by atoms with van der Waals surface area (Å²) in [5, 5.41) is 11.7. The summed E-state index contributed by atoms with van der Waals surface area (Å²) in [7, 11) is 0. The fourth-order valence-corrected chi connectivity index (χ4v) is 2.18. The molecule has 2 aromatic heterocycles. The van der Waals surface area contributed by atoms with Crippen LogP contribution < -0.4 is 5.73 Å². The van der Waals surface area contributed by atoms with Crippen molar-refractivity contribution in [2.75, 3.05) is 5.73 Å². The first-order valence-corrected chi connectivity index (χ1v) is 6.17. The molecule has 0 unspecified atom stereocenters. The van der Waals surface area contributed by atoms with Crippen LogP contribution in [0.3, 0.4) is 0 Å². The van der Waals surface area contributed by atoms with Crippen molar-refractivity contribution < 1.29 is 8.78 Å². The number of nitrogens with two attached hydrogens (primary N) is 1. The number of halogens is 2. The summed E-state index contributed by atoms with van der Waals surface area (Å²) in [6.45, 7) is 3.92. The average Bonchev–Trinajstić information content (AvgIpc) is 2.91. The molecule has 3 N–H and O–H groups in total. The molecule has 3 rings (SSSR count). The highest BCUT2D eigenvalue weighted by Crippen LogP contribution is 2.30. The van der Waals surface area contributed by atoms with E-state index in [9.17, 15) is 8.78 Å². The summed E-state index contributed by atoms with van der Waals surface area (Å²) in [6, 6.07) is 3.32. The Hall–Kier alpha value is -2.44. The first-order chi connectivity index (χ1) is 9.49. The normalized spacial score (nSPS) is 11.7. The smallest absolute Gasteiger partial charge is 0.186 e. The largest absolute Gasteiger partial charge is 0.383 e. The Morgan fingerprint density at radius 2 is 2.05 bits per heavy atom. The van der Waals surface area contributed by atoms with Crippen molar-refractivity contribution in [2.24, 2.45) is 0 Å². The van der Waals surface area contributed by atoms with Crippen LogP contribution in [0.15, 0.2) is 18.2 Å². The number of hydrogen-bond acceptors (Lipinski definition) is 3. The fraction of sp³-hybridized carbons (Fsp3) is 0.231. The van der Waals surface area contributed by atoms with Gasteiger partial charge in [0.05, 0.1) is 11.1 Å². The van der Waals surface area contributed by atoms with Crippen LogP contribution >= 0.6 is 0 Å². The molecule has 104 valence electrons. The van der Waals surface area contributed by atoms with Crippen LogP contribution in [0.25, 0.3) is 16.7 Å². The molecule has 0 saturated carbocycles. The van der Waals surface area contributed by atoms with E-state index in [0.29, 0.717) is 16.9 Å². The number of nitrogens with zero attached hydrogens (tertiary/aromatic N) is 3. The van der Waals surface area contributed by atoms with Gasteiger partial charge in [-0.25, -0.2) is 13.5 Å². The fourth-order valence-electron chi connectivity index (χ4n) is 2.18. The van der Waals surface area contributed by atoms with E-state index in [4.69, 9.17) is 5.73 Å². The van der Waals surface area contributed by atoms with E-state index in [1.807, 2.05) is 13.8 Å². The summed E-state index contributed by atoms with van der Waals surface area (Å²) >= 11 is 0. The Morgan fingerprint density at radius 1 is 1.30 bits per heavy atom. The van der Waals surface area contributed by atoms with E-state index in [1.165, 1.54) is 16.8 Å². The van der Waals surface area contributed by atoms with E-state index in [1.54, 1.807) is 0 Å². The van der Waals surface area contributed by atoms with Gasteiger partial charge < -0.3 is 5.73 Å². The summed E-state index contributed by atoms with van der Waals surface area (Å²) in [5.74, 6) is -0.855. The third-order valence-electron chi connectivity index (χ3n) is 3.12. The quantitative estimate of drug-likeness (QED) is 0.756. The molecule has 5 nitrogen and oxygen atoms in total. The highest BCUT2D eigenvalue weighted by molar-refractivity contribution is 5.90. The maximum absolute atomic E-state index is 13.9. The average molecular weight is 277 g/mol. The summed E-state index contributed by atoms with van der Waals surface area (Å²) < 4.78 is 28.3. The van der Waals surface area contributed by atoms with E-state index < -0.39 is 11.6 Å². The zero-order chi connectivity index (χ0) is 14.4. The van der Waals surface area contributed by atoms with Gasteiger partial charge in [-0.2, -0.15) is 10.2 Å². The lowest BCUT2D eigenvalue weighted by Crippen LogP contribution is -2.02. The highest BCUT2D eigenvalue weighted by atomic mass is 19.1. The number of nitrogens with one attached hydrogen (secondary N) is 1. The number of benzene rings is 1. The monoisotopic (exact) mass is 277 g/mol. The van der Waals surface area contributed by atoms with Gasteiger partial charge in [0, 0.05) is 6.07 Å². The van der Waals surface area contributed by atoms with Crippen LogP contribution in [0.1, 0.15) is 25.5 Å². The van der Waals surface area contributed by atoms with Gasteiger partial charge >= 0.3 is 0 Å². The predicted octanol–water partition coefficient (Wildman–Crippen LogP) is 2.73. The van der Waals surface area contributed by atoms with Crippen molar-refractivity contribution in [1.29, 1.82) is 0 Å². The van der Waals surface area contributed by atoms with Crippen LogP contribution in [-0.4, -0.2) is 20.0 Å². The van der Waals surface area contributed by atoms with Crippen LogP contribution in [0.2, 0.25) is 0 Å². The number of fused-ring (bicyclic) bond motifs is 1. The molecule has 2 heterocycles. The molecule has 0 fully saturated rings. The third kappa shape index (κ3) is 1.74. The van der Waals surface area contributed by atoms with Gasteiger partial charge in [-0.05, 0) is 18.1 Å². The minimum atomic E-state index is -0.703. The van der Waals surface area contributed by atoms with Crippen LogP contribution in [0.4, 0.5) is 14.6 Å². The number of aromatic nitrogens is 4. The van der Waals surface area contributed by atoms with Gasteiger partial charge in [0.15, 0.2) is 11.5 Å². The van der Waals surface area contributed by atoms with E-state index in [0.717, 1.165) is 11.8 Å². The van der Waals surface area contributed by atoms with Gasteiger partial charge in [0.2, 0.25) is 0 Å². The maximum Gasteiger partial charge on any atom is 0.186 e. The van der Waals surface area contributed by atoms with Gasteiger partial charge in [0.25, 0.3) is 0 Å². The molecule has 0 aliphatic heterocycles. The first-order valence-electron chi connectivity index (χ1n) is 6.17. The first kappa shape index (κ1) is 12.6. The van der Waals surface area contributed by atoms with Gasteiger partial charge in [-0.1, -0.05) is 13.8 Å². The SMILES string of the molecule is CC(C)c1nn(-c2ccc(F)cc2F)c2n[nH]c(N)c12. The minimum absolute atomic E-state index is 0.0992. The summed E-state index contributed by atoms with van der Waals surface area (Å²) in [6.07, 6.45) is 0. The van der Waals surface area contributed by atoms with Crippen molar-refractivity contribution in [1.82, 2.24) is 20.0 Å². The molecule has 0 spiro atoms. The van der Waals surface area contributed by atoms with Gasteiger partial charge in [0.1, 0.15) is 17.3 Å². The Kier molecular flexibility index (Phi) is 2.70. The Labute approximate surface area is 113 Å². The molecule has 0 atom stereocenters. The van der Waals surface area contributed by atoms with Gasteiger partial charge in [-0.15, -0.1) is 0 Å². The number of hydrogen-bond donors (Lipinski definition) is 2. The molecule has 0 saturated heterocycles. The lowest BCUT2D eigenvalue weighted by atomic mass is 10.1. The highest BCUT2D eigenvalue weighted by Gasteiger charge is 2.21. The van der Waals surface area contributed by atoms with E-state index in [2.05, 4.69) is 15.3 Å². The van der Waals surface area contributed by atoms with Crippen molar-refractivity contribution >= 4 is 16.9 Å². The molecule has 0 bridgehead atoms. The molecule has 0 amide bonds. The summed E-state index contributed by atoms with van der Waals surface area (Å²) in [5.41, 5.74) is 7.12.